The summed E-state index contributed by atoms with van der Waals surface area (Å²) in [5, 5.41) is 16.5. The van der Waals surface area contributed by atoms with Crippen LogP contribution in [0.1, 0.15) is 18.1 Å². The number of carbonyl (C=O) groups excluding carboxylic acids is 1. The third kappa shape index (κ3) is 4.94. The fourth-order valence-corrected chi connectivity index (χ4v) is 2.99. The number of benzene rings is 2. The van der Waals surface area contributed by atoms with Gasteiger partial charge in [0.2, 0.25) is 5.91 Å². The summed E-state index contributed by atoms with van der Waals surface area (Å²) in [6.45, 7) is 1.02. The van der Waals surface area contributed by atoms with Crippen molar-refractivity contribution in [2.24, 2.45) is 0 Å². The third-order valence-electron chi connectivity index (χ3n) is 4.30. The number of carbonyl (C=O) groups is 1. The molecule has 5 N–H and O–H groups in total. The molecule has 29 heavy (non-hydrogen) atoms. The second-order valence-corrected chi connectivity index (χ2v) is 6.88. The lowest BCUT2D eigenvalue weighted by atomic mass is 10.1. The highest BCUT2D eigenvalue weighted by atomic mass is 35.5. The van der Waals surface area contributed by atoms with E-state index in [1.165, 1.54) is 13.0 Å². The van der Waals surface area contributed by atoms with E-state index < -0.39 is 6.67 Å². The van der Waals surface area contributed by atoms with E-state index in [0.717, 1.165) is 0 Å². The Labute approximate surface area is 172 Å². The number of nitrogens with two attached hydrogens (primary N) is 1. The molecule has 1 heterocycles. The summed E-state index contributed by atoms with van der Waals surface area (Å²) in [5.41, 5.74) is 9.24. The molecule has 0 aliphatic carbocycles. The highest BCUT2D eigenvalue weighted by Crippen LogP contribution is 2.33. The summed E-state index contributed by atoms with van der Waals surface area (Å²) in [6.07, 6.45) is 0. The quantitative estimate of drug-likeness (QED) is 0.444. The first-order valence-electron chi connectivity index (χ1n) is 8.82. The molecule has 0 aliphatic rings. The minimum Gasteiger partial charge on any atom is -0.507 e. The second kappa shape index (κ2) is 8.79. The van der Waals surface area contributed by atoms with Crippen LogP contribution >= 0.6 is 11.6 Å². The van der Waals surface area contributed by atoms with E-state index in [4.69, 9.17) is 17.3 Å². The largest absolute Gasteiger partial charge is 0.507 e. The van der Waals surface area contributed by atoms with Gasteiger partial charge in [0, 0.05) is 46.6 Å². The molecule has 0 bridgehead atoms. The first-order chi connectivity index (χ1) is 13.9. The van der Waals surface area contributed by atoms with Crippen molar-refractivity contribution in [1.29, 1.82) is 0 Å². The van der Waals surface area contributed by atoms with Crippen LogP contribution in [0.5, 0.6) is 5.75 Å². The van der Waals surface area contributed by atoms with Gasteiger partial charge >= 0.3 is 0 Å². The van der Waals surface area contributed by atoms with Gasteiger partial charge in [-0.15, -0.1) is 0 Å². The summed E-state index contributed by atoms with van der Waals surface area (Å²) >= 11 is 5.92. The van der Waals surface area contributed by atoms with E-state index in [1.54, 1.807) is 42.5 Å². The minimum absolute atomic E-state index is 0.0267. The Morgan fingerprint density at radius 3 is 2.66 bits per heavy atom. The molecule has 0 unspecified atom stereocenters. The van der Waals surface area contributed by atoms with Crippen molar-refractivity contribution in [2.75, 3.05) is 11.1 Å². The molecule has 1 amide bonds. The molecule has 0 spiro atoms. The molecule has 0 atom stereocenters. The number of pyridine rings is 1. The topological polar surface area (TPSA) is 100 Å². The molecule has 1 aromatic heterocycles. The molecule has 0 saturated carbocycles. The molecular weight excluding hydrogens is 395 g/mol. The van der Waals surface area contributed by atoms with Crippen LogP contribution in [0.25, 0.3) is 11.3 Å². The number of aromatic nitrogens is 1. The van der Waals surface area contributed by atoms with Crippen LogP contribution in [0.4, 0.5) is 21.6 Å². The van der Waals surface area contributed by atoms with Gasteiger partial charge in [-0.25, -0.2) is 9.37 Å². The lowest BCUT2D eigenvalue weighted by Gasteiger charge is -2.13. The average Bonchev–Trinajstić information content (AvgIpc) is 2.69. The maximum Gasteiger partial charge on any atom is 0.217 e. The zero-order valence-corrected chi connectivity index (χ0v) is 16.4. The molecule has 0 fully saturated rings. The predicted molar refractivity (Wildman–Crippen MR) is 113 cm³/mol. The number of halogens is 2. The van der Waals surface area contributed by atoms with E-state index in [1.807, 2.05) is 0 Å². The average molecular weight is 415 g/mol. The van der Waals surface area contributed by atoms with Gasteiger partial charge in [-0.2, -0.15) is 0 Å². The molecule has 2 aromatic carbocycles. The van der Waals surface area contributed by atoms with Gasteiger partial charge in [0.1, 0.15) is 18.2 Å². The Hall–Kier alpha value is -3.32. The van der Waals surface area contributed by atoms with Crippen molar-refractivity contribution in [2.45, 2.75) is 20.1 Å². The molecule has 150 valence electrons. The van der Waals surface area contributed by atoms with Crippen LogP contribution in [-0.4, -0.2) is 16.0 Å². The van der Waals surface area contributed by atoms with Gasteiger partial charge in [0.15, 0.2) is 0 Å². The maximum atomic E-state index is 13.3. The number of phenolic OH excluding ortho intramolecular Hbond substituents is 1. The molecular formula is C21H20ClFN4O2. The number of alkyl halides is 1. The van der Waals surface area contributed by atoms with Crippen LogP contribution in [0.3, 0.4) is 0 Å². The van der Waals surface area contributed by atoms with E-state index in [-0.39, 0.29) is 24.0 Å². The van der Waals surface area contributed by atoms with Gasteiger partial charge in [-0.05, 0) is 42.5 Å². The first-order valence-corrected chi connectivity index (χ1v) is 9.20. The normalized spacial score (nSPS) is 10.6. The minimum atomic E-state index is -0.665. The summed E-state index contributed by atoms with van der Waals surface area (Å²) < 4.78 is 13.3. The smallest absolute Gasteiger partial charge is 0.217 e. The van der Waals surface area contributed by atoms with Crippen molar-refractivity contribution in [3.8, 4) is 17.0 Å². The Morgan fingerprint density at radius 1 is 1.17 bits per heavy atom. The Bertz CT molecular complexity index is 1060. The number of hydrogen-bond acceptors (Lipinski definition) is 5. The van der Waals surface area contributed by atoms with Gasteiger partial charge in [0.05, 0.1) is 5.69 Å². The SMILES string of the molecule is CC(=O)NCc1ccc(-c2cc(Nc3ccc(Cl)cc3CF)ccc2O)nc1N. The molecule has 0 aliphatic heterocycles. The van der Waals surface area contributed by atoms with Crippen molar-refractivity contribution < 1.29 is 14.3 Å². The van der Waals surface area contributed by atoms with Crippen molar-refractivity contribution in [1.82, 2.24) is 10.3 Å². The van der Waals surface area contributed by atoms with Crippen LogP contribution in [-0.2, 0) is 18.0 Å². The van der Waals surface area contributed by atoms with E-state index in [0.29, 0.717) is 38.8 Å². The van der Waals surface area contributed by atoms with Gasteiger partial charge < -0.3 is 21.5 Å². The molecule has 0 radical (unpaired) electrons. The van der Waals surface area contributed by atoms with Gasteiger partial charge in [0.25, 0.3) is 0 Å². The highest BCUT2D eigenvalue weighted by Gasteiger charge is 2.11. The number of nitrogens with zero attached hydrogens (tertiary/aromatic N) is 1. The fraction of sp³-hybridized carbons (Fsp3) is 0.143. The van der Waals surface area contributed by atoms with E-state index in [9.17, 15) is 14.3 Å². The van der Waals surface area contributed by atoms with Crippen LogP contribution in [0.2, 0.25) is 5.02 Å². The molecule has 3 aromatic rings. The summed E-state index contributed by atoms with van der Waals surface area (Å²) in [4.78, 5) is 15.4. The van der Waals surface area contributed by atoms with Crippen molar-refractivity contribution in [3.63, 3.8) is 0 Å². The van der Waals surface area contributed by atoms with Gasteiger partial charge in [-0.1, -0.05) is 17.7 Å². The van der Waals surface area contributed by atoms with Gasteiger partial charge in [-0.3, -0.25) is 4.79 Å². The van der Waals surface area contributed by atoms with Crippen molar-refractivity contribution in [3.05, 3.63) is 64.7 Å². The maximum absolute atomic E-state index is 13.3. The Kier molecular flexibility index (Phi) is 6.19. The standard InChI is InChI=1S/C21H20ClFN4O2/c1-12(28)25-11-13-2-5-19(27-21(13)24)17-9-16(4-7-20(17)29)26-18-6-3-15(22)8-14(18)10-23/h2-9,26,29H,10-11H2,1H3,(H2,24,27)(H,25,28). The summed E-state index contributed by atoms with van der Waals surface area (Å²) in [5.74, 6) is 0.116. The zero-order valence-electron chi connectivity index (χ0n) is 15.7. The second-order valence-electron chi connectivity index (χ2n) is 6.44. The lowest BCUT2D eigenvalue weighted by Crippen LogP contribution is -2.20. The summed E-state index contributed by atoms with van der Waals surface area (Å²) in [7, 11) is 0. The summed E-state index contributed by atoms with van der Waals surface area (Å²) in [6, 6.07) is 13.3. The lowest BCUT2D eigenvalue weighted by molar-refractivity contribution is -0.119. The molecule has 0 saturated heterocycles. The molecule has 8 heteroatoms. The molecule has 6 nitrogen and oxygen atoms in total. The number of amides is 1. The molecule has 3 rings (SSSR count). The van der Waals surface area contributed by atoms with E-state index >= 15 is 0 Å². The monoisotopic (exact) mass is 414 g/mol. The van der Waals surface area contributed by atoms with Crippen molar-refractivity contribution >= 4 is 34.7 Å². The number of nitrogens with one attached hydrogen (secondary N) is 2. The fourth-order valence-electron chi connectivity index (χ4n) is 2.79. The number of rotatable bonds is 6. The Morgan fingerprint density at radius 2 is 1.97 bits per heavy atom. The third-order valence-corrected chi connectivity index (χ3v) is 4.54. The van der Waals surface area contributed by atoms with Crippen LogP contribution in [0.15, 0.2) is 48.5 Å². The van der Waals surface area contributed by atoms with Crippen LogP contribution in [0, 0.1) is 0 Å². The van der Waals surface area contributed by atoms with Crippen LogP contribution < -0.4 is 16.4 Å². The van der Waals surface area contributed by atoms with E-state index in [2.05, 4.69) is 15.6 Å². The predicted octanol–water partition coefficient (Wildman–Crippen LogP) is 4.54. The number of hydrogen-bond donors (Lipinski definition) is 4. The number of aromatic hydroxyl groups is 1. The zero-order chi connectivity index (χ0) is 21.0. The number of anilines is 3. The number of phenols is 1. The Balaban J connectivity index is 1.90. The first kappa shape index (κ1) is 20.4. The number of nitrogen functional groups attached to an aromatic ring is 1. The highest BCUT2D eigenvalue weighted by molar-refractivity contribution is 6.30.